The van der Waals surface area contributed by atoms with Gasteiger partial charge in [0.2, 0.25) is 0 Å². The molecule has 2 aromatic rings. The first-order chi connectivity index (χ1) is 11.3. The number of nitrogens with zero attached hydrogens (tertiary/aromatic N) is 1. The number of nitrogens with one attached hydrogen (secondary N) is 2. The number of aromatic nitrogens is 2. The van der Waals surface area contributed by atoms with E-state index in [9.17, 15) is 0 Å². The van der Waals surface area contributed by atoms with Gasteiger partial charge in [0.1, 0.15) is 13.2 Å². The summed E-state index contributed by atoms with van der Waals surface area (Å²) in [5.41, 5.74) is 3.74. The van der Waals surface area contributed by atoms with Crippen LogP contribution in [0.1, 0.15) is 42.6 Å². The smallest absolute Gasteiger partial charge is 0.161 e. The van der Waals surface area contributed by atoms with E-state index in [1.807, 2.05) is 12.3 Å². The van der Waals surface area contributed by atoms with E-state index in [2.05, 4.69) is 41.5 Å². The molecule has 5 heteroatoms. The van der Waals surface area contributed by atoms with Crippen molar-refractivity contribution in [3.05, 3.63) is 41.2 Å². The van der Waals surface area contributed by atoms with Crippen molar-refractivity contribution in [1.82, 2.24) is 15.5 Å². The van der Waals surface area contributed by atoms with Crippen LogP contribution in [-0.4, -0.2) is 30.0 Å². The molecule has 1 atom stereocenters. The quantitative estimate of drug-likeness (QED) is 0.771. The maximum atomic E-state index is 5.68. The second-order valence-electron chi connectivity index (χ2n) is 5.94. The third kappa shape index (κ3) is 3.85. The molecule has 0 radical (unpaired) electrons. The minimum atomic E-state index is 0.344. The van der Waals surface area contributed by atoms with Crippen LogP contribution in [0.2, 0.25) is 0 Å². The van der Waals surface area contributed by atoms with Crippen molar-refractivity contribution in [2.75, 3.05) is 19.8 Å². The number of hydrogen-bond acceptors (Lipinski definition) is 4. The van der Waals surface area contributed by atoms with Crippen molar-refractivity contribution in [3.8, 4) is 11.5 Å². The summed E-state index contributed by atoms with van der Waals surface area (Å²) in [5, 5.41) is 10.7. The molecule has 0 unspecified atom stereocenters. The van der Waals surface area contributed by atoms with E-state index in [-0.39, 0.29) is 0 Å². The Morgan fingerprint density at radius 2 is 2.09 bits per heavy atom. The topological polar surface area (TPSA) is 59.2 Å². The van der Waals surface area contributed by atoms with E-state index in [1.54, 1.807) is 0 Å². The molecule has 1 aliphatic rings. The van der Waals surface area contributed by atoms with Crippen LogP contribution in [-0.2, 0) is 6.42 Å². The van der Waals surface area contributed by atoms with Crippen molar-refractivity contribution in [2.24, 2.45) is 0 Å². The van der Waals surface area contributed by atoms with E-state index in [0.717, 1.165) is 37.3 Å². The summed E-state index contributed by atoms with van der Waals surface area (Å²) < 4.78 is 11.3. The van der Waals surface area contributed by atoms with Crippen molar-refractivity contribution < 1.29 is 9.47 Å². The molecular formula is C18H25N3O2. The first-order valence-corrected chi connectivity index (χ1v) is 8.39. The fourth-order valence-corrected chi connectivity index (χ4v) is 2.96. The van der Waals surface area contributed by atoms with E-state index >= 15 is 0 Å². The average molecular weight is 315 g/mol. The van der Waals surface area contributed by atoms with Gasteiger partial charge in [0.05, 0.1) is 6.20 Å². The van der Waals surface area contributed by atoms with E-state index < -0.39 is 0 Å². The van der Waals surface area contributed by atoms with Gasteiger partial charge in [0.15, 0.2) is 11.5 Å². The summed E-state index contributed by atoms with van der Waals surface area (Å²) in [4.78, 5) is 0. The molecular weight excluding hydrogens is 290 g/mol. The van der Waals surface area contributed by atoms with Gasteiger partial charge >= 0.3 is 0 Å². The SMILES string of the molecule is CC[C@H](NCCCc1cn[nH]c1C)c1ccc2c(c1)OCCO2. The van der Waals surface area contributed by atoms with Crippen molar-refractivity contribution in [3.63, 3.8) is 0 Å². The summed E-state index contributed by atoms with van der Waals surface area (Å²) in [6, 6.07) is 6.60. The number of rotatable bonds is 7. The number of aromatic amines is 1. The van der Waals surface area contributed by atoms with Gasteiger partial charge in [-0.15, -0.1) is 0 Å². The molecule has 0 spiro atoms. The van der Waals surface area contributed by atoms with Crippen LogP contribution in [0.3, 0.4) is 0 Å². The highest BCUT2D eigenvalue weighted by Crippen LogP contribution is 2.33. The van der Waals surface area contributed by atoms with Crippen LogP contribution in [0, 0.1) is 6.92 Å². The third-order valence-corrected chi connectivity index (χ3v) is 4.32. The Balaban J connectivity index is 1.54. The number of H-pyrrole nitrogens is 1. The molecule has 5 nitrogen and oxygen atoms in total. The van der Waals surface area contributed by atoms with Crippen molar-refractivity contribution >= 4 is 0 Å². The lowest BCUT2D eigenvalue weighted by Crippen LogP contribution is -2.23. The Labute approximate surface area is 137 Å². The van der Waals surface area contributed by atoms with Gasteiger partial charge in [-0.1, -0.05) is 13.0 Å². The maximum absolute atomic E-state index is 5.68. The van der Waals surface area contributed by atoms with Crippen LogP contribution >= 0.6 is 0 Å². The van der Waals surface area contributed by atoms with E-state index in [1.165, 1.54) is 16.8 Å². The highest BCUT2D eigenvalue weighted by atomic mass is 16.6. The van der Waals surface area contributed by atoms with Crippen LogP contribution in [0.5, 0.6) is 11.5 Å². The van der Waals surface area contributed by atoms with Crippen LogP contribution in [0.25, 0.3) is 0 Å². The summed E-state index contributed by atoms with van der Waals surface area (Å²) in [6.07, 6.45) is 5.12. The second-order valence-corrected chi connectivity index (χ2v) is 5.94. The van der Waals surface area contributed by atoms with E-state index in [4.69, 9.17) is 9.47 Å². The first-order valence-electron chi connectivity index (χ1n) is 8.39. The Morgan fingerprint density at radius 3 is 2.83 bits per heavy atom. The molecule has 3 rings (SSSR count). The van der Waals surface area contributed by atoms with Crippen LogP contribution < -0.4 is 14.8 Å². The summed E-state index contributed by atoms with van der Waals surface area (Å²) in [7, 11) is 0. The molecule has 0 bridgehead atoms. The lowest BCUT2D eigenvalue weighted by atomic mass is 10.0. The van der Waals surface area contributed by atoms with Gasteiger partial charge in [-0.05, 0) is 56.0 Å². The maximum Gasteiger partial charge on any atom is 0.161 e. The molecule has 1 aromatic carbocycles. The lowest BCUT2D eigenvalue weighted by Gasteiger charge is -2.22. The predicted molar refractivity (Wildman–Crippen MR) is 90.1 cm³/mol. The molecule has 0 amide bonds. The Hall–Kier alpha value is -2.01. The van der Waals surface area contributed by atoms with Crippen LogP contribution in [0.4, 0.5) is 0 Å². The van der Waals surface area contributed by atoms with Gasteiger partial charge in [-0.25, -0.2) is 0 Å². The average Bonchev–Trinajstić information content (AvgIpc) is 3.00. The van der Waals surface area contributed by atoms with Crippen molar-refractivity contribution in [2.45, 2.75) is 39.2 Å². The molecule has 0 aliphatic carbocycles. The molecule has 2 N–H and O–H groups in total. The lowest BCUT2D eigenvalue weighted by molar-refractivity contribution is 0.171. The number of hydrogen-bond donors (Lipinski definition) is 2. The Kier molecular flexibility index (Phi) is 5.18. The molecule has 1 aliphatic heterocycles. The summed E-state index contributed by atoms with van der Waals surface area (Å²) >= 11 is 0. The zero-order chi connectivity index (χ0) is 16.1. The monoisotopic (exact) mass is 315 g/mol. The van der Waals surface area contributed by atoms with Crippen LogP contribution in [0.15, 0.2) is 24.4 Å². The minimum absolute atomic E-state index is 0.344. The zero-order valence-electron chi connectivity index (χ0n) is 13.9. The number of benzene rings is 1. The normalized spacial score (nSPS) is 14.7. The number of fused-ring (bicyclic) bond motifs is 1. The second kappa shape index (κ2) is 7.51. The van der Waals surface area contributed by atoms with Crippen molar-refractivity contribution in [1.29, 1.82) is 0 Å². The fourth-order valence-electron chi connectivity index (χ4n) is 2.96. The van der Waals surface area contributed by atoms with Gasteiger partial charge in [0, 0.05) is 11.7 Å². The first kappa shape index (κ1) is 15.9. The zero-order valence-corrected chi connectivity index (χ0v) is 13.9. The molecule has 23 heavy (non-hydrogen) atoms. The number of aryl methyl sites for hydroxylation is 2. The molecule has 0 saturated heterocycles. The summed E-state index contributed by atoms with van der Waals surface area (Å²) in [6.45, 7) is 6.52. The Bertz CT molecular complexity index is 639. The van der Waals surface area contributed by atoms with Gasteiger partial charge < -0.3 is 14.8 Å². The third-order valence-electron chi connectivity index (χ3n) is 4.32. The molecule has 124 valence electrons. The summed E-state index contributed by atoms with van der Waals surface area (Å²) in [5.74, 6) is 1.72. The van der Waals surface area contributed by atoms with Gasteiger partial charge in [0.25, 0.3) is 0 Å². The number of ether oxygens (including phenoxy) is 2. The fraction of sp³-hybridized carbons (Fsp3) is 0.500. The highest BCUT2D eigenvalue weighted by molar-refractivity contribution is 5.44. The highest BCUT2D eigenvalue weighted by Gasteiger charge is 2.15. The molecule has 0 fully saturated rings. The minimum Gasteiger partial charge on any atom is -0.486 e. The molecule has 2 heterocycles. The predicted octanol–water partition coefficient (Wildman–Crippen LogP) is 3.16. The van der Waals surface area contributed by atoms with E-state index in [0.29, 0.717) is 19.3 Å². The largest absolute Gasteiger partial charge is 0.486 e. The van der Waals surface area contributed by atoms with Gasteiger partial charge in [-0.3, -0.25) is 5.10 Å². The van der Waals surface area contributed by atoms with Gasteiger partial charge in [-0.2, -0.15) is 5.10 Å². The standard InChI is InChI=1S/C18H25N3O2/c1-3-16(19-8-4-5-15-12-20-21-13(15)2)14-6-7-17-18(11-14)23-10-9-22-17/h6-7,11-12,16,19H,3-5,8-10H2,1-2H3,(H,20,21)/t16-/m0/s1. The molecule has 1 aromatic heterocycles. The molecule has 0 saturated carbocycles. The Morgan fingerprint density at radius 1 is 1.26 bits per heavy atom.